The highest BCUT2D eigenvalue weighted by atomic mass is 32.2. The van der Waals surface area contributed by atoms with E-state index in [4.69, 9.17) is 21.1 Å². The quantitative estimate of drug-likeness (QED) is 0.220. The second-order valence-electron chi connectivity index (χ2n) is 5.31. The summed E-state index contributed by atoms with van der Waals surface area (Å²) in [4.78, 5) is 44.7. The molecule has 10 nitrogen and oxygen atoms in total. The van der Waals surface area contributed by atoms with E-state index >= 15 is 0 Å². The van der Waals surface area contributed by atoms with Crippen LogP contribution in [0.3, 0.4) is 0 Å². The van der Waals surface area contributed by atoms with Crippen LogP contribution in [-0.2, 0) is 19.2 Å². The Morgan fingerprint density at radius 2 is 1.70 bits per heavy atom. The Kier molecular flexibility index (Phi) is 10.7. The van der Waals surface area contributed by atoms with Crippen LogP contribution in [0.25, 0.3) is 0 Å². The molecule has 3 atom stereocenters. The molecular formula is C13H20F3N3O7S. The minimum atomic E-state index is -4.84. The third-order valence-corrected chi connectivity index (χ3v) is 4.12. The van der Waals surface area contributed by atoms with Gasteiger partial charge in [0, 0.05) is 17.9 Å². The van der Waals surface area contributed by atoms with E-state index in [2.05, 4.69) is 5.32 Å². The zero-order chi connectivity index (χ0) is 21.2. The molecule has 3 unspecified atom stereocenters. The van der Waals surface area contributed by atoms with E-state index in [0.717, 1.165) is 0 Å². The van der Waals surface area contributed by atoms with Crippen LogP contribution >= 0.6 is 11.8 Å². The fraction of sp³-hybridized carbons (Fsp3) is 0.692. The first kappa shape index (κ1) is 24.9. The van der Waals surface area contributed by atoms with Crippen molar-refractivity contribution < 1.29 is 47.7 Å². The molecule has 0 rings (SSSR count). The molecule has 0 saturated carbocycles. The summed E-state index contributed by atoms with van der Waals surface area (Å²) in [5.41, 5.74) is 5.23. The Labute approximate surface area is 155 Å². The number of carbonyl (C=O) groups excluding carboxylic acids is 2. The first-order valence-corrected chi connectivity index (χ1v) is 8.59. The zero-order valence-electron chi connectivity index (χ0n) is 13.9. The van der Waals surface area contributed by atoms with E-state index in [9.17, 15) is 32.3 Å². The average molecular weight is 419 g/mol. The van der Waals surface area contributed by atoms with Gasteiger partial charge in [0.1, 0.15) is 18.6 Å². The van der Waals surface area contributed by atoms with Gasteiger partial charge >= 0.3 is 18.1 Å². The van der Waals surface area contributed by atoms with E-state index in [1.165, 1.54) is 0 Å². The van der Waals surface area contributed by atoms with E-state index in [1.807, 2.05) is 5.32 Å². The van der Waals surface area contributed by atoms with Crippen molar-refractivity contribution in [3.05, 3.63) is 0 Å². The molecule has 0 spiro atoms. The van der Waals surface area contributed by atoms with Gasteiger partial charge in [-0.25, -0.2) is 0 Å². The molecule has 0 aliphatic heterocycles. The molecule has 0 aromatic heterocycles. The number of amides is 2. The van der Waals surface area contributed by atoms with Gasteiger partial charge in [-0.2, -0.15) is 24.9 Å². The highest BCUT2D eigenvalue weighted by Crippen LogP contribution is 2.23. The molecule has 0 aliphatic rings. The Morgan fingerprint density at radius 3 is 2.19 bits per heavy atom. The number of hydrogen-bond acceptors (Lipinski definition) is 7. The molecule has 0 radical (unpaired) electrons. The molecule has 156 valence electrons. The van der Waals surface area contributed by atoms with Crippen molar-refractivity contribution in [3.63, 3.8) is 0 Å². The smallest absolute Gasteiger partial charge is 0.415 e. The molecule has 0 aromatic carbocycles. The second kappa shape index (κ2) is 11.6. The third kappa shape index (κ3) is 11.3. The first-order valence-electron chi connectivity index (χ1n) is 7.44. The highest BCUT2D eigenvalue weighted by Gasteiger charge is 2.38. The number of aliphatic carboxylic acids is 2. The lowest BCUT2D eigenvalue weighted by atomic mass is 10.1. The molecule has 2 amide bonds. The van der Waals surface area contributed by atoms with Crippen LogP contribution in [0.2, 0.25) is 0 Å². The lowest BCUT2D eigenvalue weighted by Crippen LogP contribution is -2.49. The number of carboxylic acid groups (broad SMARTS) is 2. The van der Waals surface area contributed by atoms with Crippen LogP contribution < -0.4 is 16.4 Å². The number of carboxylic acids is 2. The van der Waals surface area contributed by atoms with Gasteiger partial charge in [0.25, 0.3) is 0 Å². The number of hydrogen-bond donors (Lipinski definition) is 6. The van der Waals surface area contributed by atoms with Gasteiger partial charge in [0.05, 0.1) is 0 Å². The zero-order valence-corrected chi connectivity index (χ0v) is 14.7. The van der Waals surface area contributed by atoms with Crippen LogP contribution in [0.1, 0.15) is 12.8 Å². The molecule has 0 aromatic rings. The normalized spacial score (nSPS) is 14.7. The number of aliphatic hydroxyl groups excluding tert-OH is 1. The second-order valence-corrected chi connectivity index (χ2v) is 6.38. The maximum absolute atomic E-state index is 12.3. The number of aliphatic hydroxyl groups is 1. The topological polar surface area (TPSA) is 179 Å². The minimum Gasteiger partial charge on any atom is -0.480 e. The van der Waals surface area contributed by atoms with E-state index in [0.29, 0.717) is 11.8 Å². The summed E-state index contributed by atoms with van der Waals surface area (Å²) in [6.07, 6.45) is -8.09. The van der Waals surface area contributed by atoms with Crippen molar-refractivity contribution in [1.82, 2.24) is 10.6 Å². The summed E-state index contributed by atoms with van der Waals surface area (Å²) in [7, 11) is 0. The fourth-order valence-electron chi connectivity index (χ4n) is 1.54. The fourth-order valence-corrected chi connectivity index (χ4v) is 2.56. The summed E-state index contributed by atoms with van der Waals surface area (Å²) >= 11 is 0.518. The highest BCUT2D eigenvalue weighted by molar-refractivity contribution is 7.99. The lowest BCUT2D eigenvalue weighted by molar-refractivity contribution is -0.195. The summed E-state index contributed by atoms with van der Waals surface area (Å²) in [5.74, 6) is -5.64. The molecule has 0 saturated heterocycles. The van der Waals surface area contributed by atoms with E-state index in [1.54, 1.807) is 0 Å². The van der Waals surface area contributed by atoms with Gasteiger partial charge in [0.2, 0.25) is 11.8 Å². The molecule has 0 fully saturated rings. The number of rotatable bonds is 12. The SMILES string of the molecule is NC(CCC(=O)NC(CSCC(O)C(F)(F)F)C(=O)NCC(=O)O)C(=O)O. The summed E-state index contributed by atoms with van der Waals surface area (Å²) in [6, 6.07) is -2.70. The first-order chi connectivity index (χ1) is 12.3. The molecule has 7 N–H and O–H groups in total. The number of nitrogens with one attached hydrogen (secondary N) is 2. The lowest BCUT2D eigenvalue weighted by Gasteiger charge is -2.19. The van der Waals surface area contributed by atoms with Gasteiger partial charge in [-0.15, -0.1) is 0 Å². The Hall–Kier alpha value is -2.06. The number of thioether (sulfide) groups is 1. The van der Waals surface area contributed by atoms with Crippen LogP contribution in [0.4, 0.5) is 13.2 Å². The summed E-state index contributed by atoms with van der Waals surface area (Å²) < 4.78 is 36.8. The van der Waals surface area contributed by atoms with E-state index in [-0.39, 0.29) is 18.6 Å². The number of halogens is 3. The largest absolute Gasteiger partial charge is 0.480 e. The van der Waals surface area contributed by atoms with Gasteiger partial charge in [0.15, 0.2) is 6.10 Å². The number of nitrogens with two attached hydrogens (primary N) is 1. The van der Waals surface area contributed by atoms with Gasteiger partial charge in [-0.05, 0) is 6.42 Å². The molecule has 0 heterocycles. The van der Waals surface area contributed by atoms with Gasteiger partial charge < -0.3 is 31.7 Å². The molecule has 14 heteroatoms. The number of alkyl halides is 3. The van der Waals surface area contributed by atoms with Gasteiger partial charge in [-0.3, -0.25) is 19.2 Å². The van der Waals surface area contributed by atoms with Crippen LogP contribution in [0, 0.1) is 0 Å². The maximum atomic E-state index is 12.3. The maximum Gasteiger partial charge on any atom is 0.415 e. The van der Waals surface area contributed by atoms with Crippen molar-refractivity contribution in [2.24, 2.45) is 5.73 Å². The predicted octanol–water partition coefficient (Wildman–Crippen LogP) is -1.48. The molecule has 0 aliphatic carbocycles. The summed E-state index contributed by atoms with van der Waals surface area (Å²) in [6.45, 7) is -0.773. The monoisotopic (exact) mass is 419 g/mol. The van der Waals surface area contributed by atoms with Crippen molar-refractivity contribution in [2.45, 2.75) is 37.2 Å². The van der Waals surface area contributed by atoms with Crippen molar-refractivity contribution in [2.75, 3.05) is 18.1 Å². The van der Waals surface area contributed by atoms with E-state index < -0.39 is 60.4 Å². The van der Waals surface area contributed by atoms with Crippen LogP contribution in [-0.4, -0.2) is 81.5 Å². The molecular weight excluding hydrogens is 399 g/mol. The van der Waals surface area contributed by atoms with Crippen molar-refractivity contribution in [3.8, 4) is 0 Å². The summed E-state index contributed by atoms with van der Waals surface area (Å²) in [5, 5.41) is 30.2. The third-order valence-electron chi connectivity index (χ3n) is 3.00. The molecule has 27 heavy (non-hydrogen) atoms. The van der Waals surface area contributed by atoms with Crippen molar-refractivity contribution in [1.29, 1.82) is 0 Å². The Bertz CT molecular complexity index is 548. The predicted molar refractivity (Wildman–Crippen MR) is 86.8 cm³/mol. The minimum absolute atomic E-state index is 0.245. The van der Waals surface area contributed by atoms with Crippen LogP contribution in [0.5, 0.6) is 0 Å². The van der Waals surface area contributed by atoms with Crippen molar-refractivity contribution >= 4 is 35.5 Å². The van der Waals surface area contributed by atoms with Crippen LogP contribution in [0.15, 0.2) is 0 Å². The molecule has 0 bridgehead atoms. The standard InChI is InChI=1S/C13H20F3N3O7S/c14-13(15,16)8(20)5-27-4-7(11(24)18-3-10(22)23)19-9(21)2-1-6(17)12(25)26/h6-8,20H,1-5,17H2,(H,18,24)(H,19,21)(H,22,23)(H,25,26). The Morgan fingerprint density at radius 1 is 1.11 bits per heavy atom. The Balaban J connectivity index is 4.73. The number of carbonyl (C=O) groups is 4. The average Bonchev–Trinajstić information content (AvgIpc) is 2.55. The van der Waals surface area contributed by atoms with Gasteiger partial charge in [-0.1, -0.05) is 0 Å².